The third kappa shape index (κ3) is 4.08. The van der Waals surface area contributed by atoms with E-state index in [1.54, 1.807) is 6.21 Å². The van der Waals surface area contributed by atoms with Gasteiger partial charge in [0.25, 0.3) is 0 Å². The summed E-state index contributed by atoms with van der Waals surface area (Å²) >= 11 is 0. The number of nitrogen functional groups attached to an aromatic ring is 1. The van der Waals surface area contributed by atoms with Gasteiger partial charge in [0.05, 0.1) is 5.56 Å². The molecule has 0 aliphatic rings. The van der Waals surface area contributed by atoms with E-state index in [2.05, 4.69) is 9.98 Å². The Morgan fingerprint density at radius 1 is 1.37 bits per heavy atom. The maximum atomic E-state index is 12.7. The van der Waals surface area contributed by atoms with Crippen LogP contribution in [0.4, 0.5) is 18.9 Å². The third-order valence-corrected chi connectivity index (χ3v) is 2.46. The minimum atomic E-state index is -4.48. The molecule has 3 nitrogen and oxygen atoms in total. The number of unbranched alkanes of at least 4 members (excludes halogenated alkanes) is 1. The van der Waals surface area contributed by atoms with Gasteiger partial charge in [0, 0.05) is 24.5 Å². The second-order valence-electron chi connectivity index (χ2n) is 3.95. The Kier molecular flexibility index (Phi) is 5.09. The fourth-order valence-corrected chi connectivity index (χ4v) is 1.48. The van der Waals surface area contributed by atoms with Gasteiger partial charge in [-0.3, -0.25) is 4.99 Å². The van der Waals surface area contributed by atoms with E-state index in [9.17, 15) is 13.2 Å². The van der Waals surface area contributed by atoms with Crippen LogP contribution >= 0.6 is 0 Å². The number of anilines is 1. The number of hydrogen-bond acceptors (Lipinski definition) is 2. The molecule has 104 valence electrons. The summed E-state index contributed by atoms with van der Waals surface area (Å²) in [5, 5.41) is 0. The normalized spacial score (nSPS) is 13.2. The Balaban J connectivity index is 3.14. The van der Waals surface area contributed by atoms with E-state index in [1.165, 1.54) is 19.2 Å². The summed E-state index contributed by atoms with van der Waals surface area (Å²) < 4.78 is 38.2. The highest BCUT2D eigenvalue weighted by molar-refractivity contribution is 6.03. The summed E-state index contributed by atoms with van der Waals surface area (Å²) in [5.74, 6) is 0.263. The monoisotopic (exact) mass is 271 g/mol. The SMILES string of the molecule is CCCC=NC(=NC)c1ccc(N)c(C(F)(F)F)c1. The highest BCUT2D eigenvalue weighted by Crippen LogP contribution is 2.34. The zero-order valence-electron chi connectivity index (χ0n) is 10.8. The molecule has 0 amide bonds. The maximum Gasteiger partial charge on any atom is 0.418 e. The first-order valence-corrected chi connectivity index (χ1v) is 5.86. The summed E-state index contributed by atoms with van der Waals surface area (Å²) in [5.41, 5.74) is 4.48. The lowest BCUT2D eigenvalue weighted by Gasteiger charge is -2.11. The van der Waals surface area contributed by atoms with Crippen LogP contribution in [-0.4, -0.2) is 19.1 Å². The molecule has 0 saturated carbocycles. The van der Waals surface area contributed by atoms with Crippen molar-refractivity contribution >= 4 is 17.7 Å². The summed E-state index contributed by atoms with van der Waals surface area (Å²) in [6.07, 6.45) is -1.17. The molecule has 6 heteroatoms. The van der Waals surface area contributed by atoms with Crippen molar-refractivity contribution in [3.05, 3.63) is 29.3 Å². The summed E-state index contributed by atoms with van der Waals surface area (Å²) in [7, 11) is 1.49. The second-order valence-corrected chi connectivity index (χ2v) is 3.95. The van der Waals surface area contributed by atoms with Crippen LogP contribution in [0.3, 0.4) is 0 Å². The zero-order chi connectivity index (χ0) is 14.5. The lowest BCUT2D eigenvalue weighted by Crippen LogP contribution is -2.11. The van der Waals surface area contributed by atoms with E-state index in [0.717, 1.165) is 18.9 Å². The van der Waals surface area contributed by atoms with Crippen molar-refractivity contribution < 1.29 is 13.2 Å². The largest absolute Gasteiger partial charge is 0.418 e. The van der Waals surface area contributed by atoms with Crippen LogP contribution in [0.15, 0.2) is 28.2 Å². The molecular weight excluding hydrogens is 255 g/mol. The quantitative estimate of drug-likeness (QED) is 0.510. The molecule has 19 heavy (non-hydrogen) atoms. The molecule has 0 fully saturated rings. The summed E-state index contributed by atoms with van der Waals surface area (Å²) in [6, 6.07) is 3.68. The van der Waals surface area contributed by atoms with Crippen LogP contribution in [0.5, 0.6) is 0 Å². The molecule has 0 atom stereocenters. The number of aliphatic imine (C=N–C) groups is 2. The summed E-state index contributed by atoms with van der Waals surface area (Å²) in [6.45, 7) is 1.99. The van der Waals surface area contributed by atoms with Gasteiger partial charge in [0.2, 0.25) is 0 Å². The minimum absolute atomic E-state index is 0.263. The summed E-state index contributed by atoms with van der Waals surface area (Å²) in [4.78, 5) is 7.97. The van der Waals surface area contributed by atoms with E-state index in [1.807, 2.05) is 6.92 Å². The molecule has 1 rings (SSSR count). The first-order chi connectivity index (χ1) is 8.90. The number of rotatable bonds is 3. The van der Waals surface area contributed by atoms with Crippen LogP contribution in [0.1, 0.15) is 30.9 Å². The first-order valence-electron chi connectivity index (χ1n) is 5.86. The average molecular weight is 271 g/mol. The predicted molar refractivity (Wildman–Crippen MR) is 71.7 cm³/mol. The van der Waals surface area contributed by atoms with Gasteiger partial charge in [-0.1, -0.05) is 13.3 Å². The van der Waals surface area contributed by atoms with Gasteiger partial charge in [0.15, 0.2) is 5.84 Å². The van der Waals surface area contributed by atoms with Crippen molar-refractivity contribution in [2.24, 2.45) is 9.98 Å². The molecule has 0 saturated heterocycles. The number of amidine groups is 1. The van der Waals surface area contributed by atoms with Gasteiger partial charge < -0.3 is 5.73 Å². The number of alkyl halides is 3. The number of benzene rings is 1. The molecule has 2 N–H and O–H groups in total. The van der Waals surface area contributed by atoms with Gasteiger partial charge in [0.1, 0.15) is 0 Å². The number of halogens is 3. The lowest BCUT2D eigenvalue weighted by molar-refractivity contribution is -0.136. The molecule has 0 heterocycles. The Bertz CT molecular complexity index is 490. The van der Waals surface area contributed by atoms with E-state index < -0.39 is 11.7 Å². The van der Waals surface area contributed by atoms with E-state index in [0.29, 0.717) is 5.56 Å². The van der Waals surface area contributed by atoms with Crippen LogP contribution in [0.2, 0.25) is 0 Å². The van der Waals surface area contributed by atoms with Gasteiger partial charge in [-0.2, -0.15) is 13.2 Å². The molecule has 0 aromatic heterocycles. The van der Waals surface area contributed by atoms with E-state index in [4.69, 9.17) is 5.73 Å². The van der Waals surface area contributed by atoms with Crippen molar-refractivity contribution in [2.75, 3.05) is 12.8 Å². The van der Waals surface area contributed by atoms with Crippen LogP contribution < -0.4 is 5.73 Å². The molecule has 1 aromatic rings. The first kappa shape index (κ1) is 15.2. The molecule has 0 spiro atoms. The second kappa shape index (κ2) is 6.36. The van der Waals surface area contributed by atoms with Crippen molar-refractivity contribution in [3.63, 3.8) is 0 Å². The minimum Gasteiger partial charge on any atom is -0.398 e. The molecular formula is C13H16F3N3. The molecule has 0 bridgehead atoms. The maximum absolute atomic E-state index is 12.7. The van der Waals surface area contributed by atoms with Crippen LogP contribution in [0.25, 0.3) is 0 Å². The predicted octanol–water partition coefficient (Wildman–Crippen LogP) is 3.53. The molecule has 1 aromatic carbocycles. The zero-order valence-corrected chi connectivity index (χ0v) is 10.8. The van der Waals surface area contributed by atoms with Gasteiger partial charge in [-0.15, -0.1) is 0 Å². The molecule has 0 unspecified atom stereocenters. The lowest BCUT2D eigenvalue weighted by atomic mass is 10.1. The third-order valence-electron chi connectivity index (χ3n) is 2.46. The number of nitrogens with two attached hydrogens (primary N) is 1. The van der Waals surface area contributed by atoms with Crippen molar-refractivity contribution in [2.45, 2.75) is 25.9 Å². The Hall–Kier alpha value is -1.85. The van der Waals surface area contributed by atoms with E-state index in [-0.39, 0.29) is 11.5 Å². The molecule has 0 aliphatic heterocycles. The molecule has 0 radical (unpaired) electrons. The Morgan fingerprint density at radius 2 is 2.05 bits per heavy atom. The fraction of sp³-hybridized carbons (Fsp3) is 0.385. The molecule has 0 aliphatic carbocycles. The van der Waals surface area contributed by atoms with Gasteiger partial charge >= 0.3 is 6.18 Å². The van der Waals surface area contributed by atoms with Gasteiger partial charge in [-0.05, 0) is 24.6 Å². The van der Waals surface area contributed by atoms with Crippen molar-refractivity contribution in [3.8, 4) is 0 Å². The fourth-order valence-electron chi connectivity index (χ4n) is 1.48. The standard InChI is InChI=1S/C13H16F3N3/c1-3-4-7-19-12(18-2)9-5-6-11(17)10(8-9)13(14,15)16/h5-8H,3-4,17H2,1-2H3. The van der Waals surface area contributed by atoms with Crippen LogP contribution in [-0.2, 0) is 6.18 Å². The highest BCUT2D eigenvalue weighted by atomic mass is 19.4. The highest BCUT2D eigenvalue weighted by Gasteiger charge is 2.33. The van der Waals surface area contributed by atoms with Crippen LogP contribution in [0, 0.1) is 0 Å². The Labute approximate surface area is 110 Å². The van der Waals surface area contributed by atoms with Crippen molar-refractivity contribution in [1.29, 1.82) is 0 Å². The average Bonchev–Trinajstić information content (AvgIpc) is 2.34. The number of hydrogen-bond donors (Lipinski definition) is 1. The van der Waals surface area contributed by atoms with Gasteiger partial charge in [-0.25, -0.2) is 4.99 Å². The number of nitrogens with zero attached hydrogens (tertiary/aromatic N) is 2. The van der Waals surface area contributed by atoms with E-state index >= 15 is 0 Å². The Morgan fingerprint density at radius 3 is 2.58 bits per heavy atom. The van der Waals surface area contributed by atoms with Crippen molar-refractivity contribution in [1.82, 2.24) is 0 Å². The topological polar surface area (TPSA) is 50.7 Å². The smallest absolute Gasteiger partial charge is 0.398 e.